The zero-order valence-electron chi connectivity index (χ0n) is 15.1. The molecular formula is C17H30N4O2. The Labute approximate surface area is 139 Å². The van der Waals surface area contributed by atoms with Crippen LogP contribution in [0, 0.1) is 6.92 Å². The highest BCUT2D eigenvalue weighted by Crippen LogP contribution is 2.20. The van der Waals surface area contributed by atoms with Crippen molar-refractivity contribution < 1.29 is 9.32 Å². The molecule has 130 valence electrons. The zero-order valence-corrected chi connectivity index (χ0v) is 15.1. The van der Waals surface area contributed by atoms with Crippen LogP contribution in [0.4, 0.5) is 0 Å². The van der Waals surface area contributed by atoms with Crippen LogP contribution in [0.15, 0.2) is 4.52 Å². The van der Waals surface area contributed by atoms with Gasteiger partial charge in [-0.1, -0.05) is 11.6 Å². The third kappa shape index (κ3) is 4.54. The zero-order chi connectivity index (χ0) is 17.0. The van der Waals surface area contributed by atoms with Crippen molar-refractivity contribution in [1.29, 1.82) is 0 Å². The molecule has 0 bridgehead atoms. The Morgan fingerprint density at radius 3 is 2.57 bits per heavy atom. The van der Waals surface area contributed by atoms with Gasteiger partial charge in [0.2, 0.25) is 0 Å². The summed E-state index contributed by atoms with van der Waals surface area (Å²) >= 11 is 0. The second-order valence-electron chi connectivity index (χ2n) is 7.35. The summed E-state index contributed by atoms with van der Waals surface area (Å²) in [5.74, 6) is 0.558. The highest BCUT2D eigenvalue weighted by Gasteiger charge is 2.29. The second kappa shape index (κ2) is 7.45. The van der Waals surface area contributed by atoms with Crippen molar-refractivity contribution >= 4 is 5.91 Å². The van der Waals surface area contributed by atoms with Gasteiger partial charge in [-0.2, -0.15) is 0 Å². The smallest absolute Gasteiger partial charge is 0.273 e. The molecule has 6 nitrogen and oxygen atoms in total. The minimum Gasteiger partial charge on any atom is -0.361 e. The van der Waals surface area contributed by atoms with Crippen LogP contribution in [0.5, 0.6) is 0 Å². The molecule has 2 rings (SSSR count). The van der Waals surface area contributed by atoms with Crippen LogP contribution in [0.3, 0.4) is 0 Å². The number of piperidine rings is 1. The molecule has 1 aliphatic heterocycles. The monoisotopic (exact) mass is 322 g/mol. The molecule has 0 unspecified atom stereocenters. The highest BCUT2D eigenvalue weighted by atomic mass is 16.5. The van der Waals surface area contributed by atoms with Gasteiger partial charge in [-0.15, -0.1) is 0 Å². The van der Waals surface area contributed by atoms with Crippen LogP contribution >= 0.6 is 0 Å². The fourth-order valence-corrected chi connectivity index (χ4v) is 3.06. The number of nitrogens with zero attached hydrogens (tertiary/aromatic N) is 3. The third-order valence-electron chi connectivity index (χ3n) is 4.57. The SMILES string of the molecule is Cc1onc(C(=O)NCC(C)(C)N2CCCCC2)c1CN(C)C. The normalized spacial score (nSPS) is 16.8. The van der Waals surface area contributed by atoms with E-state index in [-0.39, 0.29) is 11.4 Å². The molecule has 0 aromatic carbocycles. The summed E-state index contributed by atoms with van der Waals surface area (Å²) < 4.78 is 5.22. The molecule has 0 saturated carbocycles. The lowest BCUT2D eigenvalue weighted by atomic mass is 9.98. The Bertz CT molecular complexity index is 531. The summed E-state index contributed by atoms with van der Waals surface area (Å²) in [5.41, 5.74) is 1.23. The van der Waals surface area contributed by atoms with E-state index in [2.05, 4.69) is 29.2 Å². The average molecular weight is 322 g/mol. The van der Waals surface area contributed by atoms with Gasteiger partial charge in [0.05, 0.1) is 0 Å². The van der Waals surface area contributed by atoms with Gasteiger partial charge >= 0.3 is 0 Å². The van der Waals surface area contributed by atoms with Gasteiger partial charge < -0.3 is 14.7 Å². The standard InChI is InChI=1S/C17H30N4O2/c1-13-14(11-20(4)5)15(19-23-13)16(22)18-12-17(2,3)21-9-7-6-8-10-21/h6-12H2,1-5H3,(H,18,22). The van der Waals surface area contributed by atoms with Crippen molar-refractivity contribution in [2.24, 2.45) is 0 Å². The first-order chi connectivity index (χ1) is 10.8. The van der Waals surface area contributed by atoms with Crippen LogP contribution < -0.4 is 5.32 Å². The van der Waals surface area contributed by atoms with E-state index in [4.69, 9.17) is 4.52 Å². The van der Waals surface area contributed by atoms with Crippen molar-refractivity contribution in [2.45, 2.75) is 52.1 Å². The Kier molecular flexibility index (Phi) is 5.81. The Morgan fingerprint density at radius 1 is 1.30 bits per heavy atom. The molecule has 2 heterocycles. The second-order valence-corrected chi connectivity index (χ2v) is 7.35. The van der Waals surface area contributed by atoms with Crippen LogP contribution in [0.2, 0.25) is 0 Å². The fourth-order valence-electron chi connectivity index (χ4n) is 3.06. The number of hydrogen-bond acceptors (Lipinski definition) is 5. The number of amides is 1. The van der Waals surface area contributed by atoms with Crippen molar-refractivity contribution in [1.82, 2.24) is 20.3 Å². The Hall–Kier alpha value is -1.40. The molecule has 0 aliphatic carbocycles. The minimum absolute atomic E-state index is 0.0451. The first kappa shape index (κ1) is 17.9. The van der Waals surface area contributed by atoms with E-state index in [0.717, 1.165) is 18.7 Å². The number of nitrogens with one attached hydrogen (secondary N) is 1. The van der Waals surface area contributed by atoms with E-state index < -0.39 is 0 Å². The van der Waals surface area contributed by atoms with Crippen molar-refractivity contribution in [3.8, 4) is 0 Å². The van der Waals surface area contributed by atoms with Crippen molar-refractivity contribution in [3.05, 3.63) is 17.0 Å². The lowest BCUT2D eigenvalue weighted by molar-refractivity contribution is 0.0791. The first-order valence-electron chi connectivity index (χ1n) is 8.44. The molecule has 1 saturated heterocycles. The summed E-state index contributed by atoms with van der Waals surface area (Å²) in [6.07, 6.45) is 3.80. The lowest BCUT2D eigenvalue weighted by Crippen LogP contribution is -2.53. The van der Waals surface area contributed by atoms with Gasteiger partial charge in [0.15, 0.2) is 5.69 Å². The van der Waals surface area contributed by atoms with Gasteiger partial charge in [0.25, 0.3) is 5.91 Å². The van der Waals surface area contributed by atoms with Gasteiger partial charge in [0.1, 0.15) is 5.76 Å². The summed E-state index contributed by atoms with van der Waals surface area (Å²) in [4.78, 5) is 17.0. The predicted octanol–water partition coefficient (Wildman–Crippen LogP) is 2.04. The minimum atomic E-state index is -0.149. The van der Waals surface area contributed by atoms with E-state index in [1.165, 1.54) is 19.3 Å². The molecule has 1 amide bonds. The highest BCUT2D eigenvalue weighted by molar-refractivity contribution is 5.93. The maximum Gasteiger partial charge on any atom is 0.273 e. The molecule has 1 aliphatic rings. The van der Waals surface area contributed by atoms with Gasteiger partial charge in [-0.05, 0) is 60.8 Å². The van der Waals surface area contributed by atoms with E-state index >= 15 is 0 Å². The van der Waals surface area contributed by atoms with Gasteiger partial charge in [-0.25, -0.2) is 0 Å². The van der Waals surface area contributed by atoms with E-state index in [1.807, 2.05) is 25.9 Å². The number of aryl methyl sites for hydroxylation is 1. The number of carbonyl (C=O) groups excluding carboxylic acids is 1. The Balaban J connectivity index is 1.99. The van der Waals surface area contributed by atoms with Crippen LogP contribution in [-0.4, -0.2) is 60.1 Å². The average Bonchev–Trinajstić information content (AvgIpc) is 2.86. The number of carbonyl (C=O) groups is 1. The molecule has 1 N–H and O–H groups in total. The van der Waals surface area contributed by atoms with Crippen LogP contribution in [0.25, 0.3) is 0 Å². The molecule has 23 heavy (non-hydrogen) atoms. The quantitative estimate of drug-likeness (QED) is 0.868. The summed E-state index contributed by atoms with van der Waals surface area (Å²) in [5, 5.41) is 7.00. The predicted molar refractivity (Wildman–Crippen MR) is 90.5 cm³/mol. The largest absolute Gasteiger partial charge is 0.361 e. The maximum absolute atomic E-state index is 12.5. The number of aromatic nitrogens is 1. The topological polar surface area (TPSA) is 61.6 Å². The number of rotatable bonds is 6. The molecular weight excluding hydrogens is 292 g/mol. The molecule has 1 aromatic rings. The van der Waals surface area contributed by atoms with E-state index in [9.17, 15) is 4.79 Å². The maximum atomic E-state index is 12.5. The van der Waals surface area contributed by atoms with Crippen LogP contribution in [0.1, 0.15) is 54.9 Å². The fraction of sp³-hybridized carbons (Fsp3) is 0.765. The third-order valence-corrected chi connectivity index (χ3v) is 4.57. The molecule has 0 radical (unpaired) electrons. The van der Waals surface area contributed by atoms with Crippen molar-refractivity contribution in [3.63, 3.8) is 0 Å². The van der Waals surface area contributed by atoms with E-state index in [1.54, 1.807) is 0 Å². The summed E-state index contributed by atoms with van der Waals surface area (Å²) in [6, 6.07) is 0. The summed E-state index contributed by atoms with van der Waals surface area (Å²) in [6.45, 7) is 9.70. The summed E-state index contributed by atoms with van der Waals surface area (Å²) in [7, 11) is 3.93. The van der Waals surface area contributed by atoms with Gasteiger partial charge in [0, 0.05) is 24.2 Å². The molecule has 1 fully saturated rings. The Morgan fingerprint density at radius 2 is 1.96 bits per heavy atom. The first-order valence-corrected chi connectivity index (χ1v) is 8.44. The lowest BCUT2D eigenvalue weighted by Gasteiger charge is -2.41. The molecule has 6 heteroatoms. The molecule has 0 spiro atoms. The van der Waals surface area contributed by atoms with E-state index in [0.29, 0.717) is 24.5 Å². The number of likely N-dealkylation sites (tertiary alicyclic amines) is 1. The van der Waals surface area contributed by atoms with Crippen molar-refractivity contribution in [2.75, 3.05) is 33.7 Å². The molecule has 0 atom stereocenters. The molecule has 1 aromatic heterocycles. The van der Waals surface area contributed by atoms with Gasteiger partial charge in [-0.3, -0.25) is 9.69 Å². The van der Waals surface area contributed by atoms with Crippen LogP contribution in [-0.2, 0) is 6.54 Å². The number of hydrogen-bond donors (Lipinski definition) is 1.